The number of carbonyl (C=O) groups excluding carboxylic acids is 1. The first-order chi connectivity index (χ1) is 9.70. The molecule has 0 heterocycles. The predicted octanol–water partition coefficient (Wildman–Crippen LogP) is 1.74. The molecule has 5 nitrogen and oxygen atoms in total. The van der Waals surface area contributed by atoms with Gasteiger partial charge in [-0.15, -0.1) is 0 Å². The Morgan fingerprint density at radius 3 is 2.38 bits per heavy atom. The molecule has 1 atom stereocenters. The Kier molecular flexibility index (Phi) is 4.27. The van der Waals surface area contributed by atoms with Gasteiger partial charge in [-0.05, 0) is 56.9 Å². The van der Waals surface area contributed by atoms with Crippen LogP contribution >= 0.6 is 0 Å². The molecule has 1 N–H and O–H groups in total. The van der Waals surface area contributed by atoms with Crippen LogP contribution in [0.1, 0.15) is 30.9 Å². The van der Waals surface area contributed by atoms with Gasteiger partial charge in [0.1, 0.15) is 6.04 Å². The average Bonchev–Trinajstić information content (AvgIpc) is 3.16. The van der Waals surface area contributed by atoms with Gasteiger partial charge in [-0.25, -0.2) is 8.42 Å². The van der Waals surface area contributed by atoms with Crippen molar-refractivity contribution in [2.75, 3.05) is 10.6 Å². The van der Waals surface area contributed by atoms with Crippen LogP contribution in [0, 0.1) is 13.8 Å². The largest absolute Gasteiger partial charge is 0.352 e. The number of carbonyl (C=O) groups is 1. The molecule has 1 aliphatic rings. The lowest BCUT2D eigenvalue weighted by molar-refractivity contribution is -0.121. The van der Waals surface area contributed by atoms with Gasteiger partial charge >= 0.3 is 0 Å². The maximum absolute atomic E-state index is 12.2. The molecule has 116 valence electrons. The molecular formula is C15H22N2O3S. The molecule has 1 saturated carbocycles. The Bertz CT molecular complexity index is 651. The smallest absolute Gasteiger partial charge is 0.243 e. The van der Waals surface area contributed by atoms with E-state index in [1.165, 1.54) is 4.31 Å². The van der Waals surface area contributed by atoms with Gasteiger partial charge < -0.3 is 5.32 Å². The van der Waals surface area contributed by atoms with Crippen molar-refractivity contribution in [2.45, 2.75) is 45.7 Å². The summed E-state index contributed by atoms with van der Waals surface area (Å²) in [5.74, 6) is -0.249. The molecule has 0 aliphatic heterocycles. The lowest BCUT2D eigenvalue weighted by atomic mass is 10.1. The minimum Gasteiger partial charge on any atom is -0.352 e. The zero-order valence-electron chi connectivity index (χ0n) is 12.9. The van der Waals surface area contributed by atoms with E-state index < -0.39 is 16.1 Å². The summed E-state index contributed by atoms with van der Waals surface area (Å²) in [5.41, 5.74) is 2.61. The Hall–Kier alpha value is -1.56. The van der Waals surface area contributed by atoms with Crippen molar-refractivity contribution < 1.29 is 13.2 Å². The highest BCUT2D eigenvalue weighted by Gasteiger charge is 2.32. The highest BCUT2D eigenvalue weighted by Crippen LogP contribution is 2.25. The zero-order chi connectivity index (χ0) is 15.8. The number of sulfonamides is 1. The van der Waals surface area contributed by atoms with Gasteiger partial charge in [-0.2, -0.15) is 0 Å². The minimum atomic E-state index is -3.53. The van der Waals surface area contributed by atoms with Crippen molar-refractivity contribution in [1.82, 2.24) is 5.32 Å². The summed E-state index contributed by atoms with van der Waals surface area (Å²) in [7, 11) is -3.53. The quantitative estimate of drug-likeness (QED) is 0.901. The second kappa shape index (κ2) is 5.67. The summed E-state index contributed by atoms with van der Waals surface area (Å²) in [6.45, 7) is 5.51. The number of hydrogen-bond acceptors (Lipinski definition) is 3. The van der Waals surface area contributed by atoms with Crippen molar-refractivity contribution in [2.24, 2.45) is 0 Å². The van der Waals surface area contributed by atoms with Crippen molar-refractivity contribution in [1.29, 1.82) is 0 Å². The molecule has 0 aromatic heterocycles. The first-order valence-electron chi connectivity index (χ1n) is 7.07. The lowest BCUT2D eigenvalue weighted by Crippen LogP contribution is -2.48. The van der Waals surface area contributed by atoms with E-state index in [4.69, 9.17) is 0 Å². The second-order valence-corrected chi connectivity index (χ2v) is 7.65. The van der Waals surface area contributed by atoms with Crippen LogP contribution in [0.15, 0.2) is 18.2 Å². The third-order valence-corrected chi connectivity index (χ3v) is 5.00. The number of nitrogens with zero attached hydrogens (tertiary/aromatic N) is 1. The van der Waals surface area contributed by atoms with E-state index in [9.17, 15) is 13.2 Å². The van der Waals surface area contributed by atoms with Crippen LogP contribution in [0.4, 0.5) is 5.69 Å². The van der Waals surface area contributed by atoms with E-state index >= 15 is 0 Å². The van der Waals surface area contributed by atoms with Gasteiger partial charge in [-0.1, -0.05) is 6.07 Å². The first kappa shape index (κ1) is 15.8. The molecule has 1 fully saturated rings. The van der Waals surface area contributed by atoms with Crippen molar-refractivity contribution in [3.8, 4) is 0 Å². The summed E-state index contributed by atoms with van der Waals surface area (Å²) >= 11 is 0. The summed E-state index contributed by atoms with van der Waals surface area (Å²) < 4.78 is 25.4. The number of rotatable bonds is 5. The van der Waals surface area contributed by atoms with E-state index in [0.29, 0.717) is 5.69 Å². The fraction of sp³-hybridized carbons (Fsp3) is 0.533. The van der Waals surface area contributed by atoms with Crippen LogP contribution in [0.3, 0.4) is 0 Å². The van der Waals surface area contributed by atoms with E-state index in [1.54, 1.807) is 19.1 Å². The highest BCUT2D eigenvalue weighted by atomic mass is 32.2. The summed E-state index contributed by atoms with van der Waals surface area (Å²) in [6, 6.07) is 4.86. The highest BCUT2D eigenvalue weighted by molar-refractivity contribution is 7.92. The minimum absolute atomic E-state index is 0.209. The summed E-state index contributed by atoms with van der Waals surface area (Å²) in [5, 5.41) is 2.86. The van der Waals surface area contributed by atoms with E-state index in [-0.39, 0.29) is 11.9 Å². The Morgan fingerprint density at radius 2 is 1.90 bits per heavy atom. The van der Waals surface area contributed by atoms with Crippen LogP contribution < -0.4 is 9.62 Å². The molecular weight excluding hydrogens is 288 g/mol. The molecule has 2 rings (SSSR count). The molecule has 6 heteroatoms. The molecule has 1 aromatic rings. The van der Waals surface area contributed by atoms with Crippen LogP contribution in [-0.4, -0.2) is 32.7 Å². The van der Waals surface area contributed by atoms with Crippen LogP contribution in [-0.2, 0) is 14.8 Å². The number of benzene rings is 1. The topological polar surface area (TPSA) is 66.5 Å². The molecule has 0 radical (unpaired) electrons. The van der Waals surface area contributed by atoms with Gasteiger partial charge in [-0.3, -0.25) is 9.10 Å². The molecule has 21 heavy (non-hydrogen) atoms. The lowest BCUT2D eigenvalue weighted by Gasteiger charge is -2.28. The molecule has 0 unspecified atom stereocenters. The maximum Gasteiger partial charge on any atom is 0.243 e. The van der Waals surface area contributed by atoms with Gasteiger partial charge in [0.2, 0.25) is 15.9 Å². The number of nitrogens with one attached hydrogen (secondary N) is 1. The predicted molar refractivity (Wildman–Crippen MR) is 83.9 cm³/mol. The zero-order valence-corrected chi connectivity index (χ0v) is 13.7. The monoisotopic (exact) mass is 310 g/mol. The van der Waals surface area contributed by atoms with Crippen molar-refractivity contribution in [3.05, 3.63) is 29.3 Å². The standard InChI is InChI=1S/C15H22N2O3S/c1-10-5-8-14(9-11(10)2)17(21(4,19)20)12(3)15(18)16-13-6-7-13/h5,8-9,12-13H,6-7H2,1-4H3,(H,16,18)/t12-/m0/s1. The third-order valence-electron chi connectivity index (χ3n) is 3.76. The second-order valence-electron chi connectivity index (χ2n) is 5.79. The van der Waals surface area contributed by atoms with Crippen molar-refractivity contribution in [3.63, 3.8) is 0 Å². The van der Waals surface area contributed by atoms with Gasteiger partial charge in [0, 0.05) is 6.04 Å². The van der Waals surface area contributed by atoms with E-state index in [2.05, 4.69) is 5.32 Å². The van der Waals surface area contributed by atoms with Crippen LogP contribution in [0.5, 0.6) is 0 Å². The fourth-order valence-electron chi connectivity index (χ4n) is 2.22. The maximum atomic E-state index is 12.2. The van der Waals surface area contributed by atoms with Gasteiger partial charge in [0.25, 0.3) is 0 Å². The molecule has 0 spiro atoms. The van der Waals surface area contributed by atoms with E-state index in [0.717, 1.165) is 30.2 Å². The molecule has 1 amide bonds. The van der Waals surface area contributed by atoms with Gasteiger partial charge in [0.15, 0.2) is 0 Å². The number of amides is 1. The molecule has 0 bridgehead atoms. The molecule has 1 aliphatic carbocycles. The number of hydrogen-bond donors (Lipinski definition) is 1. The summed E-state index contributed by atoms with van der Waals surface area (Å²) in [4.78, 5) is 12.2. The molecule has 0 saturated heterocycles. The molecule has 1 aromatic carbocycles. The number of anilines is 1. The van der Waals surface area contributed by atoms with E-state index in [1.807, 2.05) is 19.9 Å². The van der Waals surface area contributed by atoms with Crippen LogP contribution in [0.25, 0.3) is 0 Å². The first-order valence-corrected chi connectivity index (χ1v) is 8.92. The fourth-order valence-corrected chi connectivity index (χ4v) is 3.39. The Morgan fingerprint density at radius 1 is 1.29 bits per heavy atom. The average molecular weight is 310 g/mol. The van der Waals surface area contributed by atoms with Crippen molar-refractivity contribution >= 4 is 21.6 Å². The third kappa shape index (κ3) is 3.75. The summed E-state index contributed by atoms with van der Waals surface area (Å²) in [6.07, 6.45) is 3.07. The normalized spacial score (nSPS) is 16.4. The number of aryl methyl sites for hydroxylation is 2. The van der Waals surface area contributed by atoms with Crippen LogP contribution in [0.2, 0.25) is 0 Å². The van der Waals surface area contributed by atoms with Gasteiger partial charge in [0.05, 0.1) is 11.9 Å². The SMILES string of the molecule is Cc1ccc(N([C@@H](C)C(=O)NC2CC2)S(C)(=O)=O)cc1C. The Balaban J connectivity index is 2.33. The Labute approximate surface area is 126 Å².